The molecule has 1 aliphatic carbocycles. The van der Waals surface area contributed by atoms with E-state index in [0.717, 1.165) is 63.0 Å². The maximum absolute atomic E-state index is 12.3. The van der Waals surface area contributed by atoms with Crippen molar-refractivity contribution in [1.82, 2.24) is 10.2 Å². The molecule has 1 aromatic carbocycles. The van der Waals surface area contributed by atoms with E-state index in [0.29, 0.717) is 12.5 Å². The molecule has 0 saturated heterocycles. The summed E-state index contributed by atoms with van der Waals surface area (Å²) in [6.07, 6.45) is 5.92. The first-order valence-corrected chi connectivity index (χ1v) is 12.3. The minimum absolute atomic E-state index is 0.0480. The quantitative estimate of drug-likeness (QED) is 0.410. The molecule has 166 valence electrons. The van der Waals surface area contributed by atoms with E-state index in [1.165, 1.54) is 0 Å². The van der Waals surface area contributed by atoms with E-state index < -0.39 is 14.8 Å². The molecule has 1 aliphatic rings. The topological polar surface area (TPSA) is 76.7 Å². The molecular weight excluding hydrogens is 388 g/mol. The lowest BCUT2D eigenvalue weighted by Crippen LogP contribution is -2.46. The molecule has 29 heavy (non-hydrogen) atoms. The standard InChI is InChI=1S/C22H38N2O4S/c1-5-6-14-27-21-9-7-8-19(15-21)17-28-23-16-18-10-12-20(13-11-18)24-29(25,26)22(2,3)4/h7-9,15,18,20,23-24H,5-6,10-14,16-17H2,1-4H3/t18-,20-. The summed E-state index contributed by atoms with van der Waals surface area (Å²) in [4.78, 5) is 5.64. The number of hydrogen-bond acceptors (Lipinski definition) is 5. The molecule has 1 aromatic rings. The van der Waals surface area contributed by atoms with Crippen molar-refractivity contribution >= 4 is 10.0 Å². The molecule has 0 aromatic heterocycles. The van der Waals surface area contributed by atoms with Gasteiger partial charge in [0.2, 0.25) is 10.0 Å². The Labute approximate surface area is 176 Å². The third-order valence-corrected chi connectivity index (χ3v) is 7.61. The smallest absolute Gasteiger partial charge is 0.216 e. The second-order valence-corrected chi connectivity index (χ2v) is 11.4. The van der Waals surface area contributed by atoms with Gasteiger partial charge in [-0.2, -0.15) is 0 Å². The number of hydroxylamine groups is 1. The molecule has 2 N–H and O–H groups in total. The van der Waals surface area contributed by atoms with Gasteiger partial charge in [-0.3, -0.25) is 4.84 Å². The molecule has 0 spiro atoms. The predicted octanol–water partition coefficient (Wildman–Crippen LogP) is 4.16. The molecule has 6 nitrogen and oxygen atoms in total. The van der Waals surface area contributed by atoms with Crippen molar-refractivity contribution in [2.24, 2.45) is 5.92 Å². The summed E-state index contributed by atoms with van der Waals surface area (Å²) >= 11 is 0. The van der Waals surface area contributed by atoms with Crippen LogP contribution < -0.4 is 14.9 Å². The zero-order chi connectivity index (χ0) is 21.3. The molecule has 0 heterocycles. The molecule has 2 rings (SSSR count). The lowest BCUT2D eigenvalue weighted by molar-refractivity contribution is 0.0158. The first kappa shape index (κ1) is 24.1. The Morgan fingerprint density at radius 3 is 2.52 bits per heavy atom. The number of rotatable bonds is 11. The summed E-state index contributed by atoms with van der Waals surface area (Å²) < 4.78 is 32.4. The summed E-state index contributed by atoms with van der Waals surface area (Å²) in [7, 11) is -3.28. The second kappa shape index (κ2) is 11.3. The van der Waals surface area contributed by atoms with Crippen LogP contribution >= 0.6 is 0 Å². The Balaban J connectivity index is 1.64. The normalized spacial score (nSPS) is 20.6. The van der Waals surface area contributed by atoms with Crippen LogP contribution in [-0.4, -0.2) is 32.4 Å². The maximum Gasteiger partial charge on any atom is 0.216 e. The van der Waals surface area contributed by atoms with Gasteiger partial charge in [-0.15, -0.1) is 0 Å². The van der Waals surface area contributed by atoms with Crippen molar-refractivity contribution in [2.45, 2.75) is 83.6 Å². The van der Waals surface area contributed by atoms with Crippen LogP contribution in [0, 0.1) is 5.92 Å². The zero-order valence-electron chi connectivity index (χ0n) is 18.4. The van der Waals surface area contributed by atoms with Gasteiger partial charge in [0, 0.05) is 12.6 Å². The van der Waals surface area contributed by atoms with E-state index in [1.807, 2.05) is 24.3 Å². The Hall–Kier alpha value is -1.15. The Morgan fingerprint density at radius 1 is 1.14 bits per heavy atom. The largest absolute Gasteiger partial charge is 0.494 e. The van der Waals surface area contributed by atoms with Gasteiger partial charge in [0.25, 0.3) is 0 Å². The van der Waals surface area contributed by atoms with Gasteiger partial charge in [-0.25, -0.2) is 18.6 Å². The fourth-order valence-corrected chi connectivity index (χ4v) is 4.28. The van der Waals surface area contributed by atoms with Crippen LogP contribution in [0.15, 0.2) is 24.3 Å². The van der Waals surface area contributed by atoms with E-state index in [4.69, 9.17) is 9.57 Å². The fraction of sp³-hybridized carbons (Fsp3) is 0.727. The highest BCUT2D eigenvalue weighted by atomic mass is 32.2. The van der Waals surface area contributed by atoms with Crippen LogP contribution in [0.2, 0.25) is 0 Å². The Kier molecular flexibility index (Phi) is 9.40. The summed E-state index contributed by atoms with van der Waals surface area (Å²) in [5.74, 6) is 1.39. The molecule has 0 aliphatic heterocycles. The summed E-state index contributed by atoms with van der Waals surface area (Å²) in [5, 5.41) is 0. The van der Waals surface area contributed by atoms with Crippen molar-refractivity contribution in [1.29, 1.82) is 0 Å². The van der Waals surface area contributed by atoms with Crippen molar-refractivity contribution in [3.63, 3.8) is 0 Å². The molecule has 0 amide bonds. The fourth-order valence-electron chi connectivity index (χ4n) is 3.25. The minimum Gasteiger partial charge on any atom is -0.494 e. The van der Waals surface area contributed by atoms with E-state index in [9.17, 15) is 8.42 Å². The highest BCUT2D eigenvalue weighted by Crippen LogP contribution is 2.26. The first-order valence-electron chi connectivity index (χ1n) is 10.8. The summed E-state index contributed by atoms with van der Waals surface area (Å²) in [6, 6.07) is 8.05. The number of hydrogen-bond donors (Lipinski definition) is 2. The van der Waals surface area contributed by atoms with Gasteiger partial charge in [-0.05, 0) is 76.5 Å². The van der Waals surface area contributed by atoms with Crippen molar-refractivity contribution < 1.29 is 18.0 Å². The molecule has 0 radical (unpaired) electrons. The summed E-state index contributed by atoms with van der Waals surface area (Å²) in [6.45, 7) is 9.36. The first-order chi connectivity index (χ1) is 13.7. The third kappa shape index (κ3) is 8.24. The lowest BCUT2D eigenvalue weighted by Gasteiger charge is -2.31. The van der Waals surface area contributed by atoms with Crippen LogP contribution in [0.5, 0.6) is 5.75 Å². The number of ether oxygens (including phenoxy) is 1. The van der Waals surface area contributed by atoms with E-state index in [1.54, 1.807) is 20.8 Å². The predicted molar refractivity (Wildman–Crippen MR) is 117 cm³/mol. The minimum atomic E-state index is -3.28. The van der Waals surface area contributed by atoms with Crippen LogP contribution in [0.1, 0.15) is 71.8 Å². The monoisotopic (exact) mass is 426 g/mol. The third-order valence-electron chi connectivity index (χ3n) is 5.35. The average Bonchev–Trinajstić information content (AvgIpc) is 2.66. The Bertz CT molecular complexity index is 708. The van der Waals surface area contributed by atoms with Gasteiger partial charge in [0.05, 0.1) is 18.0 Å². The lowest BCUT2D eigenvalue weighted by atomic mass is 9.86. The number of unbranched alkanes of at least 4 members (excludes halogenated alkanes) is 1. The number of nitrogens with one attached hydrogen (secondary N) is 2. The average molecular weight is 427 g/mol. The molecule has 1 fully saturated rings. The molecule has 0 atom stereocenters. The Morgan fingerprint density at radius 2 is 1.86 bits per heavy atom. The SMILES string of the molecule is CCCCOc1cccc(CONC[C@H]2CC[C@H](NS(=O)(=O)C(C)(C)C)CC2)c1. The van der Waals surface area contributed by atoms with Crippen LogP contribution in [0.3, 0.4) is 0 Å². The second-order valence-electron chi connectivity index (χ2n) is 8.94. The zero-order valence-corrected chi connectivity index (χ0v) is 19.2. The van der Waals surface area contributed by atoms with Crippen LogP contribution in [0.4, 0.5) is 0 Å². The molecule has 7 heteroatoms. The van der Waals surface area contributed by atoms with Crippen LogP contribution in [-0.2, 0) is 21.5 Å². The number of sulfonamides is 1. The van der Waals surface area contributed by atoms with E-state index in [2.05, 4.69) is 17.1 Å². The van der Waals surface area contributed by atoms with Crippen molar-refractivity contribution in [3.05, 3.63) is 29.8 Å². The molecule has 0 bridgehead atoms. The van der Waals surface area contributed by atoms with Gasteiger partial charge in [0.1, 0.15) is 5.75 Å². The highest BCUT2D eigenvalue weighted by molar-refractivity contribution is 7.90. The molecular formula is C22H38N2O4S. The van der Waals surface area contributed by atoms with Gasteiger partial charge in [-0.1, -0.05) is 25.5 Å². The molecule has 1 saturated carbocycles. The highest BCUT2D eigenvalue weighted by Gasteiger charge is 2.32. The van der Waals surface area contributed by atoms with Crippen molar-refractivity contribution in [3.8, 4) is 5.75 Å². The van der Waals surface area contributed by atoms with Gasteiger partial charge in [0.15, 0.2) is 0 Å². The van der Waals surface area contributed by atoms with E-state index >= 15 is 0 Å². The molecule has 0 unspecified atom stereocenters. The van der Waals surface area contributed by atoms with Gasteiger partial charge < -0.3 is 4.74 Å². The van der Waals surface area contributed by atoms with Crippen molar-refractivity contribution in [2.75, 3.05) is 13.2 Å². The van der Waals surface area contributed by atoms with Crippen LogP contribution in [0.25, 0.3) is 0 Å². The maximum atomic E-state index is 12.3. The number of benzene rings is 1. The van der Waals surface area contributed by atoms with E-state index in [-0.39, 0.29) is 6.04 Å². The summed E-state index contributed by atoms with van der Waals surface area (Å²) in [5.41, 5.74) is 4.16. The van der Waals surface area contributed by atoms with Gasteiger partial charge >= 0.3 is 0 Å².